The first-order valence-electron chi connectivity index (χ1n) is 6.61. The third-order valence-corrected chi connectivity index (χ3v) is 3.03. The molecular formula is C19H16O2. The molecule has 0 aromatic heterocycles. The molecule has 2 aromatic carbocycles. The summed E-state index contributed by atoms with van der Waals surface area (Å²) in [6, 6.07) is 15.0. The van der Waals surface area contributed by atoms with Gasteiger partial charge in [-0.3, -0.25) is 0 Å². The highest BCUT2D eigenvalue weighted by Crippen LogP contribution is 2.27. The summed E-state index contributed by atoms with van der Waals surface area (Å²) in [4.78, 5) is 11.6. The highest BCUT2D eigenvalue weighted by molar-refractivity contribution is 5.99. The quantitative estimate of drug-likeness (QED) is 0.796. The molecule has 21 heavy (non-hydrogen) atoms. The van der Waals surface area contributed by atoms with Crippen LogP contribution in [-0.2, 0) is 0 Å². The Morgan fingerprint density at radius 2 is 1.71 bits per heavy atom. The maximum Gasteiger partial charge on any atom is 0.336 e. The van der Waals surface area contributed by atoms with Crippen molar-refractivity contribution in [1.82, 2.24) is 0 Å². The number of rotatable bonds is 5. The van der Waals surface area contributed by atoms with E-state index < -0.39 is 5.97 Å². The fourth-order valence-corrected chi connectivity index (χ4v) is 2.11. The molecule has 0 heterocycles. The highest BCUT2D eigenvalue weighted by atomic mass is 16.4. The first kappa shape index (κ1) is 14.5. The molecule has 2 nitrogen and oxygen atoms in total. The number of allylic oxidation sites excluding steroid dienone is 4. The Bertz CT molecular complexity index is 695. The molecule has 0 fully saturated rings. The Morgan fingerprint density at radius 1 is 0.952 bits per heavy atom. The van der Waals surface area contributed by atoms with Gasteiger partial charge in [-0.05, 0) is 16.7 Å². The van der Waals surface area contributed by atoms with Gasteiger partial charge in [-0.2, -0.15) is 0 Å². The van der Waals surface area contributed by atoms with Crippen LogP contribution in [0.4, 0.5) is 0 Å². The predicted octanol–water partition coefficient (Wildman–Crippen LogP) is 4.81. The average Bonchev–Trinajstić information content (AvgIpc) is 2.52. The molecule has 0 spiro atoms. The molecule has 0 atom stereocenters. The molecular weight excluding hydrogens is 260 g/mol. The summed E-state index contributed by atoms with van der Waals surface area (Å²) >= 11 is 0. The molecule has 0 saturated carbocycles. The van der Waals surface area contributed by atoms with Crippen LogP contribution in [0.25, 0.3) is 17.2 Å². The highest BCUT2D eigenvalue weighted by Gasteiger charge is 2.14. The molecule has 0 saturated heterocycles. The molecule has 1 N–H and O–H groups in total. The smallest absolute Gasteiger partial charge is 0.336 e. The van der Waals surface area contributed by atoms with Crippen LogP contribution in [0.3, 0.4) is 0 Å². The van der Waals surface area contributed by atoms with Gasteiger partial charge in [0.15, 0.2) is 0 Å². The first-order valence-corrected chi connectivity index (χ1v) is 6.61. The molecule has 2 heteroatoms. The van der Waals surface area contributed by atoms with E-state index in [-0.39, 0.29) is 0 Å². The third kappa shape index (κ3) is 3.57. The van der Waals surface area contributed by atoms with Gasteiger partial charge < -0.3 is 5.11 Å². The van der Waals surface area contributed by atoms with E-state index in [9.17, 15) is 9.90 Å². The lowest BCUT2D eigenvalue weighted by Gasteiger charge is -2.09. The molecule has 0 aliphatic heterocycles. The van der Waals surface area contributed by atoms with Gasteiger partial charge in [0.25, 0.3) is 0 Å². The molecule has 2 aromatic rings. The van der Waals surface area contributed by atoms with Crippen LogP contribution in [0.1, 0.15) is 15.9 Å². The fourth-order valence-electron chi connectivity index (χ4n) is 2.11. The number of carboxylic acids is 1. The van der Waals surface area contributed by atoms with E-state index in [1.807, 2.05) is 48.5 Å². The van der Waals surface area contributed by atoms with E-state index >= 15 is 0 Å². The molecule has 0 bridgehead atoms. The summed E-state index contributed by atoms with van der Waals surface area (Å²) in [5, 5.41) is 9.54. The van der Waals surface area contributed by atoms with Crippen molar-refractivity contribution < 1.29 is 9.90 Å². The zero-order chi connectivity index (χ0) is 15.1. The molecule has 0 unspecified atom stereocenters. The van der Waals surface area contributed by atoms with Crippen LogP contribution in [-0.4, -0.2) is 11.1 Å². The van der Waals surface area contributed by atoms with Crippen LogP contribution in [0.5, 0.6) is 0 Å². The summed E-state index contributed by atoms with van der Waals surface area (Å²) in [7, 11) is 0. The van der Waals surface area contributed by atoms with Crippen molar-refractivity contribution in [3.05, 3.63) is 90.5 Å². The topological polar surface area (TPSA) is 37.3 Å². The van der Waals surface area contributed by atoms with Gasteiger partial charge in [0, 0.05) is 0 Å². The predicted molar refractivity (Wildman–Crippen MR) is 87.2 cm³/mol. The zero-order valence-electron chi connectivity index (χ0n) is 11.6. The van der Waals surface area contributed by atoms with Crippen LogP contribution in [0.15, 0.2) is 79.4 Å². The van der Waals surface area contributed by atoms with E-state index in [1.54, 1.807) is 30.4 Å². The van der Waals surface area contributed by atoms with Crippen molar-refractivity contribution in [2.45, 2.75) is 0 Å². The second kappa shape index (κ2) is 7.06. The Kier molecular flexibility index (Phi) is 4.89. The number of carbonyl (C=O) groups is 1. The van der Waals surface area contributed by atoms with Gasteiger partial charge in [-0.15, -0.1) is 0 Å². The molecule has 2 rings (SSSR count). The van der Waals surface area contributed by atoms with Gasteiger partial charge in [-0.1, -0.05) is 85.5 Å². The normalized spacial score (nSPS) is 11.0. The van der Waals surface area contributed by atoms with E-state index in [4.69, 9.17) is 0 Å². The Hall–Kier alpha value is -2.87. The van der Waals surface area contributed by atoms with Crippen molar-refractivity contribution in [2.24, 2.45) is 0 Å². The number of benzene rings is 2. The summed E-state index contributed by atoms with van der Waals surface area (Å²) in [5.74, 6) is -0.929. The Balaban J connectivity index is 2.53. The van der Waals surface area contributed by atoms with E-state index in [0.717, 1.165) is 11.1 Å². The lowest BCUT2D eigenvalue weighted by atomic mass is 9.95. The summed E-state index contributed by atoms with van der Waals surface area (Å²) < 4.78 is 0. The molecule has 0 amide bonds. The second-order valence-electron chi connectivity index (χ2n) is 4.42. The van der Waals surface area contributed by atoms with Crippen molar-refractivity contribution in [3.63, 3.8) is 0 Å². The second-order valence-corrected chi connectivity index (χ2v) is 4.42. The van der Waals surface area contributed by atoms with Crippen molar-refractivity contribution in [1.29, 1.82) is 0 Å². The maximum absolute atomic E-state index is 11.6. The van der Waals surface area contributed by atoms with Gasteiger partial charge in [0.05, 0.1) is 5.56 Å². The zero-order valence-corrected chi connectivity index (χ0v) is 11.6. The van der Waals surface area contributed by atoms with Crippen molar-refractivity contribution >= 4 is 12.0 Å². The Morgan fingerprint density at radius 3 is 2.38 bits per heavy atom. The minimum atomic E-state index is -0.929. The van der Waals surface area contributed by atoms with Gasteiger partial charge >= 0.3 is 5.97 Å². The molecule has 0 radical (unpaired) electrons. The third-order valence-electron chi connectivity index (χ3n) is 3.03. The van der Waals surface area contributed by atoms with E-state index in [1.165, 1.54) is 0 Å². The summed E-state index contributed by atoms with van der Waals surface area (Å²) in [6.45, 7) is 3.59. The molecule has 104 valence electrons. The first-order chi connectivity index (χ1) is 10.2. The van der Waals surface area contributed by atoms with Crippen molar-refractivity contribution in [2.75, 3.05) is 0 Å². The van der Waals surface area contributed by atoms with Crippen LogP contribution in [0, 0.1) is 0 Å². The van der Waals surface area contributed by atoms with Crippen LogP contribution in [0.2, 0.25) is 0 Å². The molecule has 0 aliphatic rings. The number of aromatic carboxylic acids is 1. The lowest BCUT2D eigenvalue weighted by Crippen LogP contribution is -2.02. The summed E-state index contributed by atoms with van der Waals surface area (Å²) in [5.41, 5.74) is 2.61. The van der Waals surface area contributed by atoms with Crippen LogP contribution < -0.4 is 0 Å². The van der Waals surface area contributed by atoms with Gasteiger partial charge in [-0.25, -0.2) is 4.79 Å². The lowest BCUT2D eigenvalue weighted by molar-refractivity contribution is 0.0697. The fraction of sp³-hybridized carbons (Fsp3) is 0. The largest absolute Gasteiger partial charge is 0.478 e. The number of carboxylic acid groups (broad SMARTS) is 1. The maximum atomic E-state index is 11.6. The number of hydrogen-bond acceptors (Lipinski definition) is 1. The standard InChI is InChI=1S/C19H16O2/c1-2-3-4-6-12-16-13-9-14-17(18(16)19(20)21)15-10-7-5-8-11-15/h2-14H,1H2,(H,20,21). The average molecular weight is 276 g/mol. The monoisotopic (exact) mass is 276 g/mol. The minimum Gasteiger partial charge on any atom is -0.478 e. The van der Waals surface area contributed by atoms with E-state index in [0.29, 0.717) is 11.1 Å². The van der Waals surface area contributed by atoms with E-state index in [2.05, 4.69) is 6.58 Å². The summed E-state index contributed by atoms with van der Waals surface area (Å²) in [6.07, 6.45) is 8.86. The SMILES string of the molecule is C=CC=CC=Cc1cccc(-c2ccccc2)c1C(=O)O. The van der Waals surface area contributed by atoms with Crippen molar-refractivity contribution in [3.8, 4) is 11.1 Å². The van der Waals surface area contributed by atoms with Gasteiger partial charge in [0.1, 0.15) is 0 Å². The Labute approximate surface area is 124 Å². The van der Waals surface area contributed by atoms with Crippen LogP contribution >= 0.6 is 0 Å². The number of hydrogen-bond donors (Lipinski definition) is 1. The van der Waals surface area contributed by atoms with Gasteiger partial charge in [0.2, 0.25) is 0 Å². The molecule has 0 aliphatic carbocycles. The minimum absolute atomic E-state index is 0.312.